The van der Waals surface area contributed by atoms with Crippen LogP contribution in [0.4, 0.5) is 10.5 Å². The molecule has 2 heterocycles. The number of ether oxygens (including phenoxy) is 2. The van der Waals surface area contributed by atoms with Crippen LogP contribution in [-0.4, -0.2) is 42.9 Å². The van der Waals surface area contributed by atoms with Gasteiger partial charge in [0.15, 0.2) is 0 Å². The Morgan fingerprint density at radius 2 is 1.86 bits per heavy atom. The van der Waals surface area contributed by atoms with Crippen LogP contribution in [0.5, 0.6) is 5.75 Å². The fourth-order valence-corrected chi connectivity index (χ4v) is 3.57. The van der Waals surface area contributed by atoms with Gasteiger partial charge in [0.25, 0.3) is 5.91 Å². The van der Waals surface area contributed by atoms with E-state index < -0.39 is 18.2 Å². The molecule has 7 heteroatoms. The van der Waals surface area contributed by atoms with Gasteiger partial charge in [-0.05, 0) is 29.8 Å². The van der Waals surface area contributed by atoms with Crippen molar-refractivity contribution in [2.45, 2.75) is 19.0 Å². The summed E-state index contributed by atoms with van der Waals surface area (Å²) in [6.07, 6.45) is 1.11. The summed E-state index contributed by atoms with van der Waals surface area (Å²) in [7, 11) is 1.60. The van der Waals surface area contributed by atoms with E-state index >= 15 is 0 Å². The maximum atomic E-state index is 13.4. The van der Waals surface area contributed by atoms with E-state index in [-0.39, 0.29) is 18.4 Å². The fourth-order valence-electron chi connectivity index (χ4n) is 3.57. The smallest absolute Gasteiger partial charge is 0.417 e. The highest BCUT2D eigenvalue weighted by molar-refractivity contribution is 6.00. The molecular weight excluding hydrogens is 358 g/mol. The van der Waals surface area contributed by atoms with Crippen molar-refractivity contribution in [1.82, 2.24) is 4.90 Å². The van der Waals surface area contributed by atoms with Crippen molar-refractivity contribution >= 4 is 23.9 Å². The standard InChI is InChI=1S/C21H21N3O4/c1-14-12-22-24(16-8-10-17(27-2)11-9-16)19(14)20(25)23-18(13-28-21(23)26)15-6-4-3-5-7-15/h3-12,14,18-19H,13H2,1-2H3/t14-,18-,19-/m1/s1. The highest BCUT2D eigenvalue weighted by atomic mass is 16.6. The number of methoxy groups -OCH3 is 1. The van der Waals surface area contributed by atoms with Gasteiger partial charge in [-0.1, -0.05) is 37.3 Å². The summed E-state index contributed by atoms with van der Waals surface area (Å²) >= 11 is 0. The molecule has 2 aromatic carbocycles. The molecule has 0 unspecified atom stereocenters. The lowest BCUT2D eigenvalue weighted by atomic mass is 10.00. The van der Waals surface area contributed by atoms with E-state index in [1.807, 2.05) is 61.5 Å². The highest BCUT2D eigenvalue weighted by Crippen LogP contribution is 2.33. The monoisotopic (exact) mass is 379 g/mol. The second kappa shape index (κ2) is 7.34. The number of hydrogen-bond acceptors (Lipinski definition) is 6. The summed E-state index contributed by atoms with van der Waals surface area (Å²) in [5.41, 5.74) is 1.62. The minimum Gasteiger partial charge on any atom is -0.497 e. The van der Waals surface area contributed by atoms with E-state index in [1.54, 1.807) is 18.3 Å². The van der Waals surface area contributed by atoms with Crippen molar-refractivity contribution in [3.8, 4) is 5.75 Å². The molecule has 4 rings (SSSR count). The van der Waals surface area contributed by atoms with Gasteiger partial charge >= 0.3 is 6.09 Å². The quantitative estimate of drug-likeness (QED) is 0.816. The van der Waals surface area contributed by atoms with Gasteiger partial charge < -0.3 is 9.47 Å². The molecule has 2 aliphatic rings. The summed E-state index contributed by atoms with van der Waals surface area (Å²) < 4.78 is 10.4. The summed E-state index contributed by atoms with van der Waals surface area (Å²) in [4.78, 5) is 27.1. The van der Waals surface area contributed by atoms with Gasteiger partial charge in [0, 0.05) is 12.1 Å². The lowest BCUT2D eigenvalue weighted by Crippen LogP contribution is -2.49. The summed E-state index contributed by atoms with van der Waals surface area (Å²) in [5.74, 6) is 0.242. The SMILES string of the molecule is COc1ccc(N2N=C[C@@H](C)[C@@H]2C(=O)N2C(=O)OC[C@@H]2c2ccccc2)cc1. The molecule has 2 aromatic rings. The topological polar surface area (TPSA) is 71.4 Å². The zero-order valence-electron chi connectivity index (χ0n) is 15.7. The maximum Gasteiger partial charge on any atom is 0.417 e. The van der Waals surface area contributed by atoms with Gasteiger partial charge in [-0.3, -0.25) is 9.80 Å². The Hall–Kier alpha value is -3.35. The number of hydrazone groups is 1. The lowest BCUT2D eigenvalue weighted by Gasteiger charge is -2.30. The zero-order chi connectivity index (χ0) is 19.7. The molecule has 0 aliphatic carbocycles. The van der Waals surface area contributed by atoms with Crippen molar-refractivity contribution in [3.05, 3.63) is 60.2 Å². The van der Waals surface area contributed by atoms with Crippen LogP contribution in [0.15, 0.2) is 59.7 Å². The van der Waals surface area contributed by atoms with Crippen molar-refractivity contribution in [3.63, 3.8) is 0 Å². The summed E-state index contributed by atoms with van der Waals surface area (Å²) in [6, 6.07) is 15.7. The first-order valence-corrected chi connectivity index (χ1v) is 9.12. The number of cyclic esters (lactones) is 1. The number of carbonyl (C=O) groups is 2. The molecule has 1 saturated heterocycles. The molecule has 0 bridgehead atoms. The number of hydrogen-bond donors (Lipinski definition) is 0. The Balaban J connectivity index is 1.63. The molecular formula is C21H21N3O4. The van der Waals surface area contributed by atoms with Gasteiger partial charge in [-0.15, -0.1) is 0 Å². The Bertz CT molecular complexity index is 898. The first-order valence-electron chi connectivity index (χ1n) is 9.12. The van der Waals surface area contributed by atoms with Crippen molar-refractivity contribution in [1.29, 1.82) is 0 Å². The molecule has 2 amide bonds. The molecule has 0 spiro atoms. The Kier molecular flexibility index (Phi) is 4.73. The number of benzene rings is 2. The minimum absolute atomic E-state index is 0.152. The molecule has 0 N–H and O–H groups in total. The van der Waals surface area contributed by atoms with E-state index in [0.717, 1.165) is 17.0 Å². The zero-order valence-corrected chi connectivity index (χ0v) is 15.7. The van der Waals surface area contributed by atoms with Crippen molar-refractivity contribution < 1.29 is 19.1 Å². The van der Waals surface area contributed by atoms with Gasteiger partial charge in [-0.2, -0.15) is 5.10 Å². The van der Waals surface area contributed by atoms with Crippen LogP contribution in [-0.2, 0) is 9.53 Å². The molecule has 7 nitrogen and oxygen atoms in total. The van der Waals surface area contributed by atoms with Crippen molar-refractivity contribution in [2.24, 2.45) is 11.0 Å². The van der Waals surface area contributed by atoms with E-state index in [2.05, 4.69) is 5.10 Å². The third-order valence-corrected chi connectivity index (χ3v) is 5.07. The molecule has 0 aromatic heterocycles. The minimum atomic E-state index is -0.620. The normalized spacial score (nSPS) is 23.8. The molecule has 144 valence electrons. The number of anilines is 1. The van der Waals surface area contributed by atoms with Crippen LogP contribution in [0.1, 0.15) is 18.5 Å². The maximum absolute atomic E-state index is 13.4. The van der Waals surface area contributed by atoms with Crippen molar-refractivity contribution in [2.75, 3.05) is 18.7 Å². The van der Waals surface area contributed by atoms with Gasteiger partial charge in [-0.25, -0.2) is 9.69 Å². The van der Waals surface area contributed by atoms with Gasteiger partial charge in [0.05, 0.1) is 12.8 Å². The number of carbonyl (C=O) groups excluding carboxylic acids is 2. The summed E-state index contributed by atoms with van der Waals surface area (Å²) in [5, 5.41) is 6.06. The Morgan fingerprint density at radius 1 is 1.14 bits per heavy atom. The van der Waals surface area contributed by atoms with E-state index in [4.69, 9.17) is 9.47 Å². The van der Waals surface area contributed by atoms with Crippen LogP contribution in [0.2, 0.25) is 0 Å². The fraction of sp³-hybridized carbons (Fsp3) is 0.286. The molecule has 0 radical (unpaired) electrons. The van der Waals surface area contributed by atoms with E-state index in [1.165, 1.54) is 4.90 Å². The molecule has 28 heavy (non-hydrogen) atoms. The first-order chi connectivity index (χ1) is 13.6. The largest absolute Gasteiger partial charge is 0.497 e. The van der Waals surface area contributed by atoms with E-state index in [9.17, 15) is 9.59 Å². The van der Waals surface area contributed by atoms with Crippen LogP contribution >= 0.6 is 0 Å². The predicted octanol–water partition coefficient (Wildman–Crippen LogP) is 3.23. The second-order valence-electron chi connectivity index (χ2n) is 6.82. The van der Waals surface area contributed by atoms with Crippen LogP contribution in [0.3, 0.4) is 0 Å². The first kappa shape index (κ1) is 18.0. The Labute approximate surface area is 163 Å². The van der Waals surface area contributed by atoms with Crippen LogP contribution in [0.25, 0.3) is 0 Å². The van der Waals surface area contributed by atoms with Crippen LogP contribution in [0, 0.1) is 5.92 Å². The molecule has 3 atom stereocenters. The number of imide groups is 1. The van der Waals surface area contributed by atoms with E-state index in [0.29, 0.717) is 0 Å². The predicted molar refractivity (Wildman–Crippen MR) is 104 cm³/mol. The number of amides is 2. The number of rotatable bonds is 4. The number of nitrogens with zero attached hydrogens (tertiary/aromatic N) is 3. The second-order valence-corrected chi connectivity index (χ2v) is 6.82. The lowest BCUT2D eigenvalue weighted by molar-refractivity contribution is -0.131. The average Bonchev–Trinajstić information content (AvgIpc) is 3.31. The van der Waals surface area contributed by atoms with Gasteiger partial charge in [0.2, 0.25) is 0 Å². The Morgan fingerprint density at radius 3 is 2.54 bits per heavy atom. The third kappa shape index (κ3) is 3.09. The highest BCUT2D eigenvalue weighted by Gasteiger charge is 2.46. The third-order valence-electron chi connectivity index (χ3n) is 5.07. The van der Waals surface area contributed by atoms with Gasteiger partial charge in [0.1, 0.15) is 24.4 Å². The molecule has 0 saturated carbocycles. The molecule has 1 fully saturated rings. The molecule has 2 aliphatic heterocycles. The summed E-state index contributed by atoms with van der Waals surface area (Å²) in [6.45, 7) is 2.06. The van der Waals surface area contributed by atoms with Crippen LogP contribution < -0.4 is 9.75 Å². The average molecular weight is 379 g/mol.